The van der Waals surface area contributed by atoms with Crippen molar-refractivity contribution in [2.45, 2.75) is 13.8 Å². The van der Waals surface area contributed by atoms with Gasteiger partial charge in [-0.2, -0.15) is 0 Å². The van der Waals surface area contributed by atoms with Crippen LogP contribution in [0, 0.1) is 0 Å². The lowest BCUT2D eigenvalue weighted by Gasteiger charge is -2.22. The summed E-state index contributed by atoms with van der Waals surface area (Å²) in [6, 6.07) is 9.16. The molecule has 0 heterocycles. The molecule has 2 aromatic carbocycles. The van der Waals surface area contributed by atoms with E-state index in [1.165, 1.54) is 24.3 Å². The molecule has 3 rings (SSSR count). The van der Waals surface area contributed by atoms with Crippen LogP contribution in [0.1, 0.15) is 45.7 Å². The Hall–Kier alpha value is -3.68. The van der Waals surface area contributed by atoms with Crippen LogP contribution in [0.15, 0.2) is 36.4 Å². The van der Waals surface area contributed by atoms with Crippen LogP contribution in [0.3, 0.4) is 0 Å². The van der Waals surface area contributed by atoms with Gasteiger partial charge in [0.15, 0.2) is 19.0 Å². The molecule has 0 radical (unpaired) electrons. The van der Waals surface area contributed by atoms with Gasteiger partial charge in [-0.3, -0.25) is 9.59 Å². The third kappa shape index (κ3) is 4.17. The SMILES string of the molecule is CCOC(=O)COc1cccc2c1C(=O)c1c(OCC(=O)OCC)cccc1C2=O. The first-order valence-electron chi connectivity index (χ1n) is 9.40. The minimum absolute atomic E-state index is 0.0338. The minimum Gasteiger partial charge on any atom is -0.481 e. The summed E-state index contributed by atoms with van der Waals surface area (Å²) in [5.41, 5.74) is 0.394. The molecule has 0 spiro atoms. The molecule has 156 valence electrons. The minimum atomic E-state index is -0.594. The highest BCUT2D eigenvalue weighted by Gasteiger charge is 2.35. The summed E-state index contributed by atoms with van der Waals surface area (Å²) in [6.45, 7) is 2.92. The fourth-order valence-electron chi connectivity index (χ4n) is 3.10. The number of ether oxygens (including phenoxy) is 4. The van der Waals surface area contributed by atoms with E-state index in [9.17, 15) is 19.2 Å². The lowest BCUT2D eigenvalue weighted by atomic mass is 9.83. The third-order valence-corrected chi connectivity index (χ3v) is 4.30. The van der Waals surface area contributed by atoms with E-state index in [1.807, 2.05) is 0 Å². The number of carbonyl (C=O) groups is 4. The predicted molar refractivity (Wildman–Crippen MR) is 104 cm³/mol. The fourth-order valence-corrected chi connectivity index (χ4v) is 3.10. The second kappa shape index (κ2) is 9.21. The van der Waals surface area contributed by atoms with Gasteiger partial charge in [0.2, 0.25) is 5.78 Å². The highest BCUT2D eigenvalue weighted by Crippen LogP contribution is 2.37. The van der Waals surface area contributed by atoms with E-state index in [0.717, 1.165) is 0 Å². The van der Waals surface area contributed by atoms with Crippen LogP contribution in [0.2, 0.25) is 0 Å². The second-order valence-electron chi connectivity index (χ2n) is 6.20. The van der Waals surface area contributed by atoms with Gasteiger partial charge in [-0.25, -0.2) is 9.59 Å². The highest BCUT2D eigenvalue weighted by atomic mass is 16.6. The Bertz CT molecular complexity index is 931. The molecule has 0 N–H and O–H groups in total. The van der Waals surface area contributed by atoms with Gasteiger partial charge in [-0.15, -0.1) is 0 Å². The van der Waals surface area contributed by atoms with E-state index >= 15 is 0 Å². The monoisotopic (exact) mass is 412 g/mol. The molecule has 0 bridgehead atoms. The molecule has 1 aliphatic carbocycles. The molecular weight excluding hydrogens is 392 g/mol. The smallest absolute Gasteiger partial charge is 0.344 e. The Morgan fingerprint density at radius 3 is 1.53 bits per heavy atom. The van der Waals surface area contributed by atoms with Gasteiger partial charge >= 0.3 is 11.9 Å². The van der Waals surface area contributed by atoms with Crippen molar-refractivity contribution in [2.75, 3.05) is 26.4 Å². The van der Waals surface area contributed by atoms with Crippen LogP contribution >= 0.6 is 0 Å². The first kappa shape index (κ1) is 21.0. The lowest BCUT2D eigenvalue weighted by Crippen LogP contribution is -2.24. The molecule has 0 fully saturated rings. The van der Waals surface area contributed by atoms with Gasteiger partial charge in [-0.1, -0.05) is 24.3 Å². The average Bonchev–Trinajstić information content (AvgIpc) is 2.74. The molecule has 2 aromatic rings. The van der Waals surface area contributed by atoms with Crippen LogP contribution < -0.4 is 9.47 Å². The summed E-state index contributed by atoms with van der Waals surface area (Å²) in [4.78, 5) is 49.5. The van der Waals surface area contributed by atoms with Crippen molar-refractivity contribution in [3.63, 3.8) is 0 Å². The van der Waals surface area contributed by atoms with E-state index in [2.05, 4.69) is 0 Å². The Kier molecular flexibility index (Phi) is 6.46. The first-order chi connectivity index (χ1) is 14.5. The number of fused-ring (bicyclic) bond motifs is 2. The van der Waals surface area contributed by atoms with Crippen molar-refractivity contribution in [3.05, 3.63) is 58.7 Å². The van der Waals surface area contributed by atoms with Crippen molar-refractivity contribution in [3.8, 4) is 11.5 Å². The summed E-state index contributed by atoms with van der Waals surface area (Å²) in [6.07, 6.45) is 0. The summed E-state index contributed by atoms with van der Waals surface area (Å²) in [7, 11) is 0. The predicted octanol–water partition coefficient (Wildman–Crippen LogP) is 2.35. The van der Waals surface area contributed by atoms with Crippen LogP contribution in [-0.2, 0) is 19.1 Å². The summed E-state index contributed by atoms with van der Waals surface area (Å²) >= 11 is 0. The topological polar surface area (TPSA) is 105 Å². The van der Waals surface area contributed by atoms with E-state index < -0.39 is 30.9 Å². The molecule has 0 saturated heterocycles. The summed E-state index contributed by atoms with van der Waals surface area (Å²) in [5.74, 6) is -1.90. The lowest BCUT2D eigenvalue weighted by molar-refractivity contribution is -0.146. The summed E-state index contributed by atoms with van der Waals surface area (Å²) < 4.78 is 20.6. The number of esters is 2. The van der Waals surface area contributed by atoms with Gasteiger partial charge in [0.05, 0.1) is 24.3 Å². The van der Waals surface area contributed by atoms with Crippen LogP contribution in [0.5, 0.6) is 11.5 Å². The molecule has 1 aliphatic rings. The van der Waals surface area contributed by atoms with Crippen molar-refractivity contribution >= 4 is 23.5 Å². The summed E-state index contributed by atoms with van der Waals surface area (Å²) in [5, 5.41) is 0. The van der Waals surface area contributed by atoms with Crippen LogP contribution in [-0.4, -0.2) is 49.9 Å². The average molecular weight is 412 g/mol. The van der Waals surface area contributed by atoms with Gasteiger partial charge < -0.3 is 18.9 Å². The second-order valence-corrected chi connectivity index (χ2v) is 6.20. The highest BCUT2D eigenvalue weighted by molar-refractivity contribution is 6.30. The van der Waals surface area contributed by atoms with E-state index in [4.69, 9.17) is 18.9 Å². The number of benzene rings is 2. The number of ketones is 2. The van der Waals surface area contributed by atoms with Gasteiger partial charge in [-0.05, 0) is 26.0 Å². The molecule has 0 aliphatic heterocycles. The molecule has 0 atom stereocenters. The maximum atomic E-state index is 13.3. The molecule has 0 unspecified atom stereocenters. The molecule has 0 aromatic heterocycles. The maximum absolute atomic E-state index is 13.3. The van der Waals surface area contributed by atoms with Gasteiger partial charge in [0, 0.05) is 11.1 Å². The van der Waals surface area contributed by atoms with Crippen molar-refractivity contribution in [1.82, 2.24) is 0 Å². The Morgan fingerprint density at radius 2 is 1.13 bits per heavy atom. The van der Waals surface area contributed by atoms with Gasteiger partial charge in [0.25, 0.3) is 0 Å². The number of rotatable bonds is 8. The van der Waals surface area contributed by atoms with Crippen molar-refractivity contribution < 1.29 is 38.1 Å². The Morgan fingerprint density at radius 1 is 0.700 bits per heavy atom. The largest absolute Gasteiger partial charge is 0.481 e. The molecule has 8 heteroatoms. The fraction of sp³-hybridized carbons (Fsp3) is 0.273. The maximum Gasteiger partial charge on any atom is 0.344 e. The zero-order valence-corrected chi connectivity index (χ0v) is 16.6. The van der Waals surface area contributed by atoms with E-state index in [0.29, 0.717) is 0 Å². The third-order valence-electron chi connectivity index (χ3n) is 4.30. The van der Waals surface area contributed by atoms with Gasteiger partial charge in [0.1, 0.15) is 11.5 Å². The first-order valence-corrected chi connectivity index (χ1v) is 9.40. The van der Waals surface area contributed by atoms with E-state index in [-0.39, 0.29) is 52.7 Å². The van der Waals surface area contributed by atoms with Crippen LogP contribution in [0.25, 0.3) is 0 Å². The Labute approximate surface area is 172 Å². The number of hydrogen-bond acceptors (Lipinski definition) is 8. The molecule has 8 nitrogen and oxygen atoms in total. The standard InChI is InChI=1S/C22H20O8/c1-3-27-17(23)11-29-15-9-5-7-13-19(15)22(26)20-14(21(13)25)8-6-10-16(20)30-12-18(24)28-4-2/h5-10H,3-4,11-12H2,1-2H3. The quantitative estimate of drug-likeness (QED) is 0.519. The zero-order chi connectivity index (χ0) is 21.7. The van der Waals surface area contributed by atoms with Crippen molar-refractivity contribution in [2.24, 2.45) is 0 Å². The van der Waals surface area contributed by atoms with Crippen LogP contribution in [0.4, 0.5) is 0 Å². The molecular formula is C22H20O8. The number of hydrogen-bond donors (Lipinski definition) is 0. The molecule has 0 amide bonds. The zero-order valence-electron chi connectivity index (χ0n) is 16.6. The molecule has 30 heavy (non-hydrogen) atoms. The molecule has 0 saturated carbocycles. The Balaban J connectivity index is 1.95. The normalized spacial score (nSPS) is 11.9. The van der Waals surface area contributed by atoms with Crippen molar-refractivity contribution in [1.29, 1.82) is 0 Å². The number of carbonyl (C=O) groups excluding carboxylic acids is 4. The van der Waals surface area contributed by atoms with E-state index in [1.54, 1.807) is 26.0 Å².